The van der Waals surface area contributed by atoms with Crippen LogP contribution in [-0.4, -0.2) is 24.1 Å². The maximum atomic E-state index is 12.2. The Kier molecular flexibility index (Phi) is 6.52. The smallest absolute Gasteiger partial charge is 0.309 e. The first kappa shape index (κ1) is 16.3. The molecule has 0 aliphatic heterocycles. The van der Waals surface area contributed by atoms with Crippen molar-refractivity contribution in [2.45, 2.75) is 89.8 Å². The standard InChI is InChI=1S/C17H28O4/c1-2-3-4-7-13(17(19)21-15-10-6-11-15)12-16(18)20-14-8-5-9-14/h13-15H,2-12H2,1H3. The van der Waals surface area contributed by atoms with Crippen LogP contribution in [0.5, 0.6) is 0 Å². The molecule has 4 nitrogen and oxygen atoms in total. The summed E-state index contributed by atoms with van der Waals surface area (Å²) in [6, 6.07) is 0. The number of ether oxygens (including phenoxy) is 2. The summed E-state index contributed by atoms with van der Waals surface area (Å²) < 4.78 is 10.9. The average molecular weight is 296 g/mol. The predicted octanol–water partition coefficient (Wildman–Crippen LogP) is 3.76. The van der Waals surface area contributed by atoms with Gasteiger partial charge in [0, 0.05) is 0 Å². The molecule has 0 amide bonds. The van der Waals surface area contributed by atoms with Gasteiger partial charge in [0.15, 0.2) is 0 Å². The monoisotopic (exact) mass is 296 g/mol. The van der Waals surface area contributed by atoms with E-state index >= 15 is 0 Å². The van der Waals surface area contributed by atoms with Crippen LogP contribution < -0.4 is 0 Å². The third-order valence-corrected chi connectivity index (χ3v) is 4.59. The Morgan fingerprint density at radius 2 is 1.62 bits per heavy atom. The van der Waals surface area contributed by atoms with Gasteiger partial charge in [-0.2, -0.15) is 0 Å². The van der Waals surface area contributed by atoms with E-state index in [0.29, 0.717) is 0 Å². The summed E-state index contributed by atoms with van der Waals surface area (Å²) in [5.74, 6) is -0.738. The first-order chi connectivity index (χ1) is 10.2. The summed E-state index contributed by atoms with van der Waals surface area (Å²) >= 11 is 0. The minimum Gasteiger partial charge on any atom is -0.462 e. The van der Waals surface area contributed by atoms with Gasteiger partial charge in [0.25, 0.3) is 0 Å². The fourth-order valence-corrected chi connectivity index (χ4v) is 2.62. The molecule has 0 heterocycles. The Labute approximate surface area is 127 Å². The van der Waals surface area contributed by atoms with Crippen LogP contribution in [0.4, 0.5) is 0 Å². The van der Waals surface area contributed by atoms with Gasteiger partial charge in [0.2, 0.25) is 0 Å². The number of rotatable bonds is 9. The molecule has 0 N–H and O–H groups in total. The summed E-state index contributed by atoms with van der Waals surface area (Å²) in [7, 11) is 0. The maximum absolute atomic E-state index is 12.2. The molecule has 2 aliphatic rings. The fourth-order valence-electron chi connectivity index (χ4n) is 2.62. The van der Waals surface area contributed by atoms with Gasteiger partial charge in [-0.3, -0.25) is 9.59 Å². The molecular formula is C17H28O4. The van der Waals surface area contributed by atoms with E-state index in [1.165, 1.54) is 0 Å². The highest BCUT2D eigenvalue weighted by Crippen LogP contribution is 2.27. The molecule has 0 saturated heterocycles. The topological polar surface area (TPSA) is 52.6 Å². The molecule has 1 atom stereocenters. The minimum absolute atomic E-state index is 0.0915. The number of hydrogen-bond acceptors (Lipinski definition) is 4. The lowest BCUT2D eigenvalue weighted by Gasteiger charge is -2.28. The Hall–Kier alpha value is -1.06. The number of carbonyl (C=O) groups excluding carboxylic acids is 2. The molecule has 0 aromatic carbocycles. The van der Waals surface area contributed by atoms with Gasteiger partial charge < -0.3 is 9.47 Å². The molecule has 120 valence electrons. The third kappa shape index (κ3) is 5.33. The predicted molar refractivity (Wildman–Crippen MR) is 79.7 cm³/mol. The summed E-state index contributed by atoms with van der Waals surface area (Å²) in [4.78, 5) is 24.1. The van der Waals surface area contributed by atoms with Crippen molar-refractivity contribution < 1.29 is 19.1 Å². The van der Waals surface area contributed by atoms with Gasteiger partial charge in [-0.05, 0) is 44.9 Å². The van der Waals surface area contributed by atoms with E-state index in [-0.39, 0.29) is 36.5 Å². The highest BCUT2D eigenvalue weighted by atomic mass is 16.6. The molecular weight excluding hydrogens is 268 g/mol. The van der Waals surface area contributed by atoms with Crippen LogP contribution in [0, 0.1) is 5.92 Å². The first-order valence-electron chi connectivity index (χ1n) is 8.59. The van der Waals surface area contributed by atoms with Gasteiger partial charge in [-0.1, -0.05) is 26.2 Å². The van der Waals surface area contributed by atoms with E-state index in [1.807, 2.05) is 0 Å². The largest absolute Gasteiger partial charge is 0.462 e. The molecule has 2 saturated carbocycles. The highest BCUT2D eigenvalue weighted by Gasteiger charge is 2.30. The molecule has 0 spiro atoms. The van der Waals surface area contributed by atoms with Crippen LogP contribution in [-0.2, 0) is 19.1 Å². The van der Waals surface area contributed by atoms with Crippen molar-refractivity contribution >= 4 is 11.9 Å². The van der Waals surface area contributed by atoms with Crippen molar-refractivity contribution in [3.63, 3.8) is 0 Å². The average Bonchev–Trinajstić information content (AvgIpc) is 2.37. The quantitative estimate of drug-likeness (QED) is 0.480. The van der Waals surface area contributed by atoms with Gasteiger partial charge in [0.1, 0.15) is 12.2 Å². The lowest BCUT2D eigenvalue weighted by Crippen LogP contribution is -2.32. The summed E-state index contributed by atoms with van der Waals surface area (Å²) in [6.45, 7) is 2.13. The Morgan fingerprint density at radius 3 is 2.14 bits per heavy atom. The van der Waals surface area contributed by atoms with Crippen molar-refractivity contribution in [3.05, 3.63) is 0 Å². The molecule has 2 fully saturated rings. The molecule has 0 aromatic rings. The molecule has 0 aromatic heterocycles. The zero-order valence-electron chi connectivity index (χ0n) is 13.1. The summed E-state index contributed by atoms with van der Waals surface area (Å²) in [6.07, 6.45) is 10.4. The molecule has 4 heteroatoms. The van der Waals surface area contributed by atoms with Crippen molar-refractivity contribution in [2.75, 3.05) is 0 Å². The number of unbranched alkanes of at least 4 members (excludes halogenated alkanes) is 2. The van der Waals surface area contributed by atoms with Crippen LogP contribution in [0.3, 0.4) is 0 Å². The van der Waals surface area contributed by atoms with Crippen LogP contribution in [0.2, 0.25) is 0 Å². The van der Waals surface area contributed by atoms with E-state index < -0.39 is 0 Å². The minimum atomic E-state index is -0.315. The molecule has 2 aliphatic carbocycles. The molecule has 0 bridgehead atoms. The van der Waals surface area contributed by atoms with E-state index in [2.05, 4.69) is 6.92 Å². The van der Waals surface area contributed by atoms with Crippen molar-refractivity contribution in [2.24, 2.45) is 5.92 Å². The second-order valence-electron chi connectivity index (χ2n) is 6.43. The number of hydrogen-bond donors (Lipinski definition) is 0. The fraction of sp³-hybridized carbons (Fsp3) is 0.882. The Bertz CT molecular complexity index is 345. The molecule has 21 heavy (non-hydrogen) atoms. The molecule has 2 rings (SSSR count). The molecule has 1 unspecified atom stereocenters. The lowest BCUT2D eigenvalue weighted by atomic mass is 9.94. The van der Waals surface area contributed by atoms with Gasteiger partial charge in [-0.15, -0.1) is 0 Å². The summed E-state index contributed by atoms with van der Waals surface area (Å²) in [5, 5.41) is 0. The van der Waals surface area contributed by atoms with Crippen LogP contribution in [0.25, 0.3) is 0 Å². The van der Waals surface area contributed by atoms with Gasteiger partial charge in [-0.25, -0.2) is 0 Å². The number of esters is 2. The second-order valence-corrected chi connectivity index (χ2v) is 6.43. The third-order valence-electron chi connectivity index (χ3n) is 4.59. The Balaban J connectivity index is 1.77. The lowest BCUT2D eigenvalue weighted by molar-refractivity contribution is -0.165. The summed E-state index contributed by atoms with van der Waals surface area (Å²) in [5.41, 5.74) is 0. The van der Waals surface area contributed by atoms with Crippen LogP contribution in [0.15, 0.2) is 0 Å². The second kappa shape index (κ2) is 8.40. The van der Waals surface area contributed by atoms with Crippen LogP contribution >= 0.6 is 0 Å². The van der Waals surface area contributed by atoms with E-state index in [1.54, 1.807) is 0 Å². The molecule has 0 radical (unpaired) electrons. The normalized spacial score (nSPS) is 20.2. The SMILES string of the molecule is CCCCCC(CC(=O)OC1CCC1)C(=O)OC1CCC1. The zero-order valence-corrected chi connectivity index (χ0v) is 13.1. The van der Waals surface area contributed by atoms with E-state index in [4.69, 9.17) is 9.47 Å². The van der Waals surface area contributed by atoms with Crippen molar-refractivity contribution in [1.29, 1.82) is 0 Å². The van der Waals surface area contributed by atoms with Crippen LogP contribution in [0.1, 0.15) is 77.6 Å². The maximum Gasteiger partial charge on any atom is 0.309 e. The first-order valence-corrected chi connectivity index (χ1v) is 8.59. The Morgan fingerprint density at radius 1 is 1.00 bits per heavy atom. The van der Waals surface area contributed by atoms with E-state index in [9.17, 15) is 9.59 Å². The zero-order chi connectivity index (χ0) is 15.1. The number of carbonyl (C=O) groups is 2. The van der Waals surface area contributed by atoms with Gasteiger partial charge >= 0.3 is 11.9 Å². The van der Waals surface area contributed by atoms with Crippen molar-refractivity contribution in [3.8, 4) is 0 Å². The van der Waals surface area contributed by atoms with Gasteiger partial charge in [0.05, 0.1) is 12.3 Å². The highest BCUT2D eigenvalue weighted by molar-refractivity contribution is 5.80. The van der Waals surface area contributed by atoms with Crippen molar-refractivity contribution in [1.82, 2.24) is 0 Å². The van der Waals surface area contributed by atoms with E-state index in [0.717, 1.165) is 64.2 Å².